The number of ether oxygens (including phenoxy) is 1. The summed E-state index contributed by atoms with van der Waals surface area (Å²) in [6, 6.07) is 6.20. The van der Waals surface area contributed by atoms with Crippen molar-refractivity contribution in [2.75, 3.05) is 6.54 Å². The molecule has 2 aliphatic rings. The van der Waals surface area contributed by atoms with Crippen molar-refractivity contribution in [1.82, 2.24) is 15.3 Å². The molecule has 154 valence electrons. The summed E-state index contributed by atoms with van der Waals surface area (Å²) in [6.07, 6.45) is 10.9. The van der Waals surface area contributed by atoms with Gasteiger partial charge in [0.05, 0.1) is 23.6 Å². The maximum atomic E-state index is 12.2. The van der Waals surface area contributed by atoms with Crippen LogP contribution in [0.4, 0.5) is 0 Å². The number of aromatic nitrogens is 2. The summed E-state index contributed by atoms with van der Waals surface area (Å²) in [6.45, 7) is 4.51. The number of carbonyl (C=O) groups is 1. The van der Waals surface area contributed by atoms with Crippen LogP contribution in [0.15, 0.2) is 24.4 Å². The standard InChI is InChI=1S/C24H31N3O2/c1-16-14-25-17(2)24(27-16)19-9-10-22-20(12-19)13-21(29-22)15-26-23(28)11-8-18-6-4-3-5-7-18/h9-10,12,14,18,21H,3-8,11,13,15H2,1-2H3,(H,26,28). The molecular weight excluding hydrogens is 362 g/mol. The molecule has 29 heavy (non-hydrogen) atoms. The van der Waals surface area contributed by atoms with Gasteiger partial charge in [-0.05, 0) is 49.9 Å². The van der Waals surface area contributed by atoms with E-state index in [1.54, 1.807) is 6.20 Å². The molecule has 0 bridgehead atoms. The molecule has 1 amide bonds. The third kappa shape index (κ3) is 4.95. The maximum absolute atomic E-state index is 12.2. The fourth-order valence-corrected chi connectivity index (χ4v) is 4.52. The lowest BCUT2D eigenvalue weighted by atomic mass is 9.86. The van der Waals surface area contributed by atoms with Crippen molar-refractivity contribution in [3.63, 3.8) is 0 Å². The highest BCUT2D eigenvalue weighted by molar-refractivity contribution is 5.75. The van der Waals surface area contributed by atoms with Crippen molar-refractivity contribution in [3.05, 3.63) is 41.3 Å². The van der Waals surface area contributed by atoms with E-state index in [4.69, 9.17) is 4.74 Å². The van der Waals surface area contributed by atoms with Crippen LogP contribution in [0.1, 0.15) is 61.9 Å². The Kier molecular flexibility index (Phi) is 6.12. The third-order valence-corrected chi connectivity index (χ3v) is 6.18. The number of nitrogens with zero attached hydrogens (tertiary/aromatic N) is 2. The molecule has 5 nitrogen and oxygen atoms in total. The average Bonchev–Trinajstić information content (AvgIpc) is 3.15. The second kappa shape index (κ2) is 8.93. The summed E-state index contributed by atoms with van der Waals surface area (Å²) in [7, 11) is 0. The number of carbonyl (C=O) groups excluding carboxylic acids is 1. The van der Waals surface area contributed by atoms with Gasteiger partial charge in [0.1, 0.15) is 11.9 Å². The first-order chi connectivity index (χ1) is 14.1. The molecule has 0 radical (unpaired) electrons. The first-order valence-corrected chi connectivity index (χ1v) is 11.0. The zero-order chi connectivity index (χ0) is 20.2. The smallest absolute Gasteiger partial charge is 0.220 e. The van der Waals surface area contributed by atoms with Crippen molar-refractivity contribution in [1.29, 1.82) is 0 Å². The molecule has 1 aromatic heterocycles. The van der Waals surface area contributed by atoms with E-state index in [2.05, 4.69) is 21.4 Å². The Bertz CT molecular complexity index is 874. The Morgan fingerprint density at radius 3 is 2.86 bits per heavy atom. The molecule has 1 fully saturated rings. The van der Waals surface area contributed by atoms with Crippen LogP contribution >= 0.6 is 0 Å². The highest BCUT2D eigenvalue weighted by Gasteiger charge is 2.24. The van der Waals surface area contributed by atoms with Crippen LogP contribution in [0.3, 0.4) is 0 Å². The van der Waals surface area contributed by atoms with Crippen LogP contribution in [-0.2, 0) is 11.2 Å². The Morgan fingerprint density at radius 1 is 1.21 bits per heavy atom. The van der Waals surface area contributed by atoms with Gasteiger partial charge in [0.25, 0.3) is 0 Å². The van der Waals surface area contributed by atoms with E-state index in [1.165, 1.54) is 37.7 Å². The molecule has 1 N–H and O–H groups in total. The molecule has 0 spiro atoms. The SMILES string of the molecule is Cc1cnc(C)c(-c2ccc3c(c2)CC(CNC(=O)CCC2CCCCC2)O3)n1. The van der Waals surface area contributed by atoms with Crippen molar-refractivity contribution < 1.29 is 9.53 Å². The third-order valence-electron chi connectivity index (χ3n) is 6.18. The van der Waals surface area contributed by atoms with Crippen LogP contribution in [-0.4, -0.2) is 28.5 Å². The monoisotopic (exact) mass is 393 g/mol. The molecule has 1 saturated carbocycles. The maximum Gasteiger partial charge on any atom is 0.220 e. The van der Waals surface area contributed by atoms with Gasteiger partial charge in [0, 0.05) is 24.6 Å². The van der Waals surface area contributed by atoms with Crippen molar-refractivity contribution in [2.45, 2.75) is 71.3 Å². The first-order valence-electron chi connectivity index (χ1n) is 11.0. The van der Waals surface area contributed by atoms with E-state index in [1.807, 2.05) is 26.0 Å². The molecule has 1 aliphatic heterocycles. The summed E-state index contributed by atoms with van der Waals surface area (Å²) < 4.78 is 6.05. The van der Waals surface area contributed by atoms with Crippen LogP contribution in [0, 0.1) is 19.8 Å². The van der Waals surface area contributed by atoms with Crippen LogP contribution < -0.4 is 10.1 Å². The highest BCUT2D eigenvalue weighted by atomic mass is 16.5. The molecule has 1 unspecified atom stereocenters. The van der Waals surface area contributed by atoms with E-state index >= 15 is 0 Å². The zero-order valence-corrected chi connectivity index (χ0v) is 17.5. The Morgan fingerprint density at radius 2 is 2.03 bits per heavy atom. The number of benzene rings is 1. The molecule has 0 saturated heterocycles. The zero-order valence-electron chi connectivity index (χ0n) is 17.5. The number of hydrogen-bond donors (Lipinski definition) is 1. The number of fused-ring (bicyclic) bond motifs is 1. The molecule has 1 aliphatic carbocycles. The number of aryl methyl sites for hydroxylation is 2. The summed E-state index contributed by atoms with van der Waals surface area (Å²) in [4.78, 5) is 21.3. The van der Waals surface area contributed by atoms with Crippen molar-refractivity contribution in [3.8, 4) is 17.0 Å². The Hall–Kier alpha value is -2.43. The summed E-state index contributed by atoms with van der Waals surface area (Å²) in [5.74, 6) is 1.81. The summed E-state index contributed by atoms with van der Waals surface area (Å²) >= 11 is 0. The van der Waals surface area contributed by atoms with Gasteiger partial charge in [-0.3, -0.25) is 9.78 Å². The Balaban J connectivity index is 1.30. The summed E-state index contributed by atoms with van der Waals surface area (Å²) in [5.41, 5.74) is 5.00. The molecule has 4 rings (SSSR count). The predicted molar refractivity (Wildman–Crippen MR) is 114 cm³/mol. The molecule has 2 aromatic rings. The van der Waals surface area contributed by atoms with E-state index in [0.717, 1.165) is 47.2 Å². The minimum Gasteiger partial charge on any atom is -0.488 e. The lowest BCUT2D eigenvalue weighted by Crippen LogP contribution is -2.34. The highest BCUT2D eigenvalue weighted by Crippen LogP contribution is 2.33. The minimum absolute atomic E-state index is 0.00331. The van der Waals surface area contributed by atoms with E-state index in [9.17, 15) is 4.79 Å². The predicted octanol–water partition coefficient (Wildman–Crippen LogP) is 4.54. The second-order valence-corrected chi connectivity index (χ2v) is 8.56. The number of nitrogens with one attached hydrogen (secondary N) is 1. The summed E-state index contributed by atoms with van der Waals surface area (Å²) in [5, 5.41) is 3.08. The quantitative estimate of drug-likeness (QED) is 0.782. The van der Waals surface area contributed by atoms with Gasteiger partial charge >= 0.3 is 0 Å². The van der Waals surface area contributed by atoms with Crippen LogP contribution in [0.25, 0.3) is 11.3 Å². The average molecular weight is 394 g/mol. The van der Waals surface area contributed by atoms with E-state index in [0.29, 0.717) is 13.0 Å². The number of rotatable bonds is 6. The van der Waals surface area contributed by atoms with Crippen molar-refractivity contribution in [2.24, 2.45) is 5.92 Å². The van der Waals surface area contributed by atoms with Gasteiger partial charge in [-0.1, -0.05) is 32.1 Å². The lowest BCUT2D eigenvalue weighted by molar-refractivity contribution is -0.121. The molecule has 2 heterocycles. The largest absolute Gasteiger partial charge is 0.488 e. The van der Waals surface area contributed by atoms with Gasteiger partial charge in [0.15, 0.2) is 0 Å². The van der Waals surface area contributed by atoms with E-state index < -0.39 is 0 Å². The molecule has 1 aromatic carbocycles. The van der Waals surface area contributed by atoms with Crippen LogP contribution in [0.5, 0.6) is 5.75 Å². The number of hydrogen-bond acceptors (Lipinski definition) is 4. The van der Waals surface area contributed by atoms with Gasteiger partial charge in [-0.25, -0.2) is 4.98 Å². The molecule has 1 atom stereocenters. The van der Waals surface area contributed by atoms with Gasteiger partial charge < -0.3 is 10.1 Å². The van der Waals surface area contributed by atoms with Gasteiger partial charge in [-0.15, -0.1) is 0 Å². The van der Waals surface area contributed by atoms with E-state index in [-0.39, 0.29) is 12.0 Å². The number of amides is 1. The van der Waals surface area contributed by atoms with Gasteiger partial charge in [-0.2, -0.15) is 0 Å². The van der Waals surface area contributed by atoms with Gasteiger partial charge in [0.2, 0.25) is 5.91 Å². The lowest BCUT2D eigenvalue weighted by Gasteiger charge is -2.21. The van der Waals surface area contributed by atoms with Crippen molar-refractivity contribution >= 4 is 5.91 Å². The molecule has 5 heteroatoms. The van der Waals surface area contributed by atoms with Crippen LogP contribution in [0.2, 0.25) is 0 Å². The normalized spacial score (nSPS) is 18.9. The Labute approximate surface area is 173 Å². The fraction of sp³-hybridized carbons (Fsp3) is 0.542. The first kappa shape index (κ1) is 19.9. The molecular formula is C24H31N3O2. The topological polar surface area (TPSA) is 64.1 Å². The second-order valence-electron chi connectivity index (χ2n) is 8.56. The fourth-order valence-electron chi connectivity index (χ4n) is 4.52. The minimum atomic E-state index is 0.00331.